The molecular weight excluding hydrogens is 485 g/mol. The molecule has 4 fully saturated rings. The third-order valence-electron chi connectivity index (χ3n) is 7.46. The Bertz CT molecular complexity index is 1230. The van der Waals surface area contributed by atoms with Gasteiger partial charge in [-0.1, -0.05) is 35.9 Å². The number of aromatic nitrogens is 1. The van der Waals surface area contributed by atoms with Crippen molar-refractivity contribution in [3.63, 3.8) is 0 Å². The molecule has 3 aliphatic carbocycles. The lowest BCUT2D eigenvalue weighted by atomic mass is 9.32. The van der Waals surface area contributed by atoms with Crippen molar-refractivity contribution in [3.05, 3.63) is 58.5 Å². The highest BCUT2D eigenvalue weighted by atomic mass is 35.5. The molecule has 0 radical (unpaired) electrons. The Morgan fingerprint density at radius 2 is 1.86 bits per heavy atom. The topological polar surface area (TPSA) is 96.6 Å². The number of anilines is 1. The van der Waals surface area contributed by atoms with E-state index in [-0.39, 0.29) is 22.9 Å². The standard InChI is InChI=1S/C24H22ClF3N4O3/c1-22(27,28)14-4-2-13(3-5-14)8-31-17(33)9-32(19-16(26)6-15(25)7-30-19)20(34)18(31)23-10-24(11-23,12-23)21(29)35/h2-7,18H,8-12H2,1H3,(H2,29,35)/t18-,23?,24?/m0/s1. The van der Waals surface area contributed by atoms with Crippen LogP contribution in [0.15, 0.2) is 36.5 Å². The summed E-state index contributed by atoms with van der Waals surface area (Å²) in [6.07, 6.45) is 2.23. The van der Waals surface area contributed by atoms with Gasteiger partial charge in [0, 0.05) is 30.6 Å². The number of rotatable bonds is 6. The normalized spacial score (nSPS) is 28.0. The average Bonchev–Trinajstić information content (AvgIpc) is 2.70. The quantitative estimate of drug-likeness (QED) is 0.649. The molecule has 7 nitrogen and oxygen atoms in total. The predicted molar refractivity (Wildman–Crippen MR) is 120 cm³/mol. The Morgan fingerprint density at radius 1 is 1.23 bits per heavy atom. The fourth-order valence-electron chi connectivity index (χ4n) is 5.80. The maximum Gasteiger partial charge on any atom is 0.270 e. The number of carbonyl (C=O) groups excluding carboxylic acids is 3. The summed E-state index contributed by atoms with van der Waals surface area (Å²) >= 11 is 5.79. The molecule has 11 heteroatoms. The van der Waals surface area contributed by atoms with E-state index in [1.807, 2.05) is 0 Å². The highest BCUT2D eigenvalue weighted by Gasteiger charge is 2.76. The van der Waals surface area contributed by atoms with E-state index in [0.717, 1.165) is 17.9 Å². The number of nitrogens with zero attached hydrogens (tertiary/aromatic N) is 3. The number of alkyl halides is 2. The molecule has 35 heavy (non-hydrogen) atoms. The molecule has 3 saturated carbocycles. The highest BCUT2D eigenvalue weighted by molar-refractivity contribution is 6.30. The summed E-state index contributed by atoms with van der Waals surface area (Å²) in [6.45, 7) is 0.351. The number of hydrogen-bond donors (Lipinski definition) is 1. The van der Waals surface area contributed by atoms with Gasteiger partial charge in [-0.05, 0) is 30.9 Å². The first-order chi connectivity index (χ1) is 16.4. The van der Waals surface area contributed by atoms with E-state index in [1.165, 1.54) is 35.4 Å². The van der Waals surface area contributed by atoms with Crippen molar-refractivity contribution < 1.29 is 27.6 Å². The molecule has 0 spiro atoms. The maximum absolute atomic E-state index is 14.6. The summed E-state index contributed by atoms with van der Waals surface area (Å²) in [5, 5.41) is 0.0455. The van der Waals surface area contributed by atoms with Crippen LogP contribution in [0.1, 0.15) is 37.3 Å². The number of primary amides is 1. The van der Waals surface area contributed by atoms with Gasteiger partial charge in [0.1, 0.15) is 12.6 Å². The Labute approximate surface area is 204 Å². The summed E-state index contributed by atoms with van der Waals surface area (Å²) in [6, 6.07) is 5.57. The lowest BCUT2D eigenvalue weighted by Crippen LogP contribution is -2.78. The summed E-state index contributed by atoms with van der Waals surface area (Å²) in [4.78, 5) is 45.2. The maximum atomic E-state index is 14.6. The molecule has 184 valence electrons. The van der Waals surface area contributed by atoms with Crippen LogP contribution in [0, 0.1) is 16.6 Å². The zero-order chi connectivity index (χ0) is 25.3. The van der Waals surface area contributed by atoms with E-state index in [9.17, 15) is 27.6 Å². The molecule has 3 amide bonds. The first-order valence-electron chi connectivity index (χ1n) is 11.0. The van der Waals surface area contributed by atoms with E-state index < -0.39 is 52.9 Å². The minimum atomic E-state index is -3.01. The predicted octanol–water partition coefficient (Wildman–Crippen LogP) is 3.39. The summed E-state index contributed by atoms with van der Waals surface area (Å²) in [5.41, 5.74) is 4.57. The lowest BCUT2D eigenvalue weighted by Gasteiger charge is -2.72. The number of pyridine rings is 1. The Hall–Kier alpha value is -3.14. The number of amides is 3. The molecule has 1 aromatic heterocycles. The van der Waals surface area contributed by atoms with Crippen LogP contribution in [-0.4, -0.2) is 40.2 Å². The fraction of sp³-hybridized carbons (Fsp3) is 0.417. The van der Waals surface area contributed by atoms with Gasteiger partial charge in [-0.2, -0.15) is 0 Å². The number of benzene rings is 1. The van der Waals surface area contributed by atoms with Gasteiger partial charge >= 0.3 is 0 Å². The van der Waals surface area contributed by atoms with E-state index >= 15 is 0 Å². The molecule has 2 bridgehead atoms. The van der Waals surface area contributed by atoms with Crippen molar-refractivity contribution in [1.29, 1.82) is 0 Å². The molecule has 2 aromatic rings. The molecule has 1 saturated heterocycles. The third kappa shape index (κ3) is 3.65. The van der Waals surface area contributed by atoms with Crippen LogP contribution in [0.25, 0.3) is 0 Å². The van der Waals surface area contributed by atoms with Crippen LogP contribution >= 0.6 is 11.6 Å². The second kappa shape index (κ2) is 7.68. The van der Waals surface area contributed by atoms with E-state index in [1.54, 1.807) is 0 Å². The highest BCUT2D eigenvalue weighted by Crippen LogP contribution is 2.75. The smallest absolute Gasteiger partial charge is 0.270 e. The molecule has 1 aliphatic heterocycles. The van der Waals surface area contributed by atoms with Gasteiger partial charge in [0.15, 0.2) is 11.6 Å². The van der Waals surface area contributed by atoms with Gasteiger partial charge < -0.3 is 10.6 Å². The number of hydrogen-bond acceptors (Lipinski definition) is 4. The molecule has 0 unspecified atom stereocenters. The van der Waals surface area contributed by atoms with E-state index in [2.05, 4.69) is 4.98 Å². The van der Waals surface area contributed by atoms with Gasteiger partial charge in [0.05, 0.1) is 10.4 Å². The van der Waals surface area contributed by atoms with Gasteiger partial charge in [0.25, 0.3) is 11.8 Å². The minimum absolute atomic E-state index is 0.000492. The van der Waals surface area contributed by atoms with Gasteiger partial charge in [-0.25, -0.2) is 18.2 Å². The van der Waals surface area contributed by atoms with Crippen LogP contribution in [-0.2, 0) is 26.9 Å². The van der Waals surface area contributed by atoms with Crippen molar-refractivity contribution in [3.8, 4) is 0 Å². The van der Waals surface area contributed by atoms with Crippen LogP contribution in [0.4, 0.5) is 19.0 Å². The Kier molecular flexibility index (Phi) is 5.18. The van der Waals surface area contributed by atoms with Crippen LogP contribution in [0.5, 0.6) is 0 Å². The Morgan fingerprint density at radius 3 is 2.40 bits per heavy atom. The van der Waals surface area contributed by atoms with Gasteiger partial charge in [-0.3, -0.25) is 19.3 Å². The summed E-state index contributed by atoms with van der Waals surface area (Å²) < 4.78 is 41.8. The zero-order valence-corrected chi connectivity index (χ0v) is 19.5. The largest absolute Gasteiger partial charge is 0.369 e. The fourth-order valence-corrected chi connectivity index (χ4v) is 5.95. The van der Waals surface area contributed by atoms with Crippen molar-refractivity contribution in [2.75, 3.05) is 11.4 Å². The molecule has 2 N–H and O–H groups in total. The Balaban J connectivity index is 1.47. The molecular formula is C24H22ClF3N4O3. The number of carbonyl (C=O) groups is 3. The van der Waals surface area contributed by atoms with Crippen molar-refractivity contribution >= 4 is 35.1 Å². The van der Waals surface area contributed by atoms with E-state index in [4.69, 9.17) is 17.3 Å². The number of piperazine rings is 1. The van der Waals surface area contributed by atoms with Crippen molar-refractivity contribution in [2.45, 2.75) is 44.7 Å². The summed E-state index contributed by atoms with van der Waals surface area (Å²) in [5.74, 6) is -5.57. The molecule has 2 heterocycles. The first kappa shape index (κ1) is 23.6. The zero-order valence-electron chi connectivity index (χ0n) is 18.7. The lowest BCUT2D eigenvalue weighted by molar-refractivity contribution is -0.231. The SMILES string of the molecule is CC(F)(F)c1ccc(CN2C(=O)CN(c3ncc(Cl)cc3F)C(=O)[C@H]2C23CC(C(N)=O)(C2)C3)cc1. The average molecular weight is 507 g/mol. The first-order valence-corrected chi connectivity index (χ1v) is 11.4. The second-order valence-corrected chi connectivity index (χ2v) is 10.4. The molecule has 4 aliphatic rings. The van der Waals surface area contributed by atoms with Crippen molar-refractivity contribution in [1.82, 2.24) is 9.88 Å². The van der Waals surface area contributed by atoms with Gasteiger partial charge in [-0.15, -0.1) is 0 Å². The van der Waals surface area contributed by atoms with Crippen LogP contribution in [0.3, 0.4) is 0 Å². The van der Waals surface area contributed by atoms with E-state index in [0.29, 0.717) is 24.8 Å². The summed E-state index contributed by atoms with van der Waals surface area (Å²) in [7, 11) is 0. The number of halogens is 4. The van der Waals surface area contributed by atoms with Crippen LogP contribution in [0.2, 0.25) is 5.02 Å². The van der Waals surface area contributed by atoms with Gasteiger partial charge in [0.2, 0.25) is 11.8 Å². The van der Waals surface area contributed by atoms with Crippen LogP contribution < -0.4 is 10.6 Å². The monoisotopic (exact) mass is 506 g/mol. The number of nitrogens with two attached hydrogens (primary N) is 1. The minimum Gasteiger partial charge on any atom is -0.369 e. The molecule has 1 aromatic carbocycles. The second-order valence-electron chi connectivity index (χ2n) is 9.93. The third-order valence-corrected chi connectivity index (χ3v) is 7.66. The van der Waals surface area contributed by atoms with Crippen molar-refractivity contribution in [2.24, 2.45) is 16.6 Å². The molecule has 6 rings (SSSR count). The molecule has 1 atom stereocenters.